The molecule has 0 saturated carbocycles. The van der Waals surface area contributed by atoms with Crippen molar-refractivity contribution in [1.82, 2.24) is 0 Å². The van der Waals surface area contributed by atoms with Crippen LogP contribution in [0.15, 0.2) is 18.2 Å². The van der Waals surface area contributed by atoms with Gasteiger partial charge in [-0.1, -0.05) is 6.07 Å². The van der Waals surface area contributed by atoms with E-state index >= 15 is 0 Å². The Morgan fingerprint density at radius 2 is 2.25 bits per heavy atom. The lowest BCUT2D eigenvalue weighted by molar-refractivity contribution is -0.109. The average molecular weight is 226 g/mol. The van der Waals surface area contributed by atoms with Crippen molar-refractivity contribution in [3.05, 3.63) is 29.3 Å². The van der Waals surface area contributed by atoms with Crippen LogP contribution in [-0.2, 0) is 11.2 Å². The van der Waals surface area contributed by atoms with Crippen LogP contribution in [0.2, 0.25) is 0 Å². The van der Waals surface area contributed by atoms with E-state index in [9.17, 15) is 13.6 Å². The number of rotatable bonds is 3. The lowest BCUT2D eigenvalue weighted by Gasteiger charge is -2.21. The van der Waals surface area contributed by atoms with E-state index in [0.717, 1.165) is 36.7 Å². The van der Waals surface area contributed by atoms with E-state index in [4.69, 9.17) is 0 Å². The van der Waals surface area contributed by atoms with Gasteiger partial charge in [-0.2, -0.15) is 8.78 Å². The van der Waals surface area contributed by atoms with Crippen LogP contribution < -0.4 is 4.74 Å². The summed E-state index contributed by atoms with van der Waals surface area (Å²) in [5.41, 5.74) is 1.89. The number of hydrogen-bond acceptors (Lipinski definition) is 2. The maximum atomic E-state index is 12.0. The van der Waals surface area contributed by atoms with E-state index in [1.807, 2.05) is 0 Å². The summed E-state index contributed by atoms with van der Waals surface area (Å²) in [7, 11) is 0. The van der Waals surface area contributed by atoms with Crippen LogP contribution >= 0.6 is 0 Å². The van der Waals surface area contributed by atoms with Crippen LogP contribution in [0.4, 0.5) is 8.78 Å². The molecule has 2 rings (SSSR count). The van der Waals surface area contributed by atoms with Gasteiger partial charge in [-0.3, -0.25) is 0 Å². The fourth-order valence-electron chi connectivity index (χ4n) is 2.15. The monoisotopic (exact) mass is 226 g/mol. The maximum Gasteiger partial charge on any atom is 0.387 e. The molecule has 4 heteroatoms. The SMILES string of the molecule is O=CC1CCCc2cc(OC(F)F)ccc21. The highest BCUT2D eigenvalue weighted by Gasteiger charge is 2.20. The highest BCUT2D eigenvalue weighted by molar-refractivity contribution is 5.64. The van der Waals surface area contributed by atoms with E-state index in [2.05, 4.69) is 4.74 Å². The number of hydrogen-bond donors (Lipinski definition) is 0. The Morgan fingerprint density at radius 1 is 1.44 bits per heavy atom. The summed E-state index contributed by atoms with van der Waals surface area (Å²) in [5.74, 6) is 0.0737. The van der Waals surface area contributed by atoms with Gasteiger partial charge in [0.1, 0.15) is 12.0 Å². The normalized spacial score (nSPS) is 19.3. The standard InChI is InChI=1S/C12H12F2O2/c13-12(14)16-10-4-5-11-8(6-10)2-1-3-9(11)7-15/h4-7,9,12H,1-3H2. The third-order valence-corrected chi connectivity index (χ3v) is 2.86. The molecule has 0 aromatic heterocycles. The molecule has 0 aliphatic heterocycles. The number of ether oxygens (including phenoxy) is 1. The zero-order valence-corrected chi connectivity index (χ0v) is 8.66. The highest BCUT2D eigenvalue weighted by atomic mass is 19.3. The summed E-state index contributed by atoms with van der Waals surface area (Å²) in [6.07, 6.45) is 3.49. The molecule has 0 fully saturated rings. The second-order valence-corrected chi connectivity index (χ2v) is 3.87. The van der Waals surface area contributed by atoms with Crippen molar-refractivity contribution < 1.29 is 18.3 Å². The molecule has 1 atom stereocenters. The van der Waals surface area contributed by atoms with Crippen molar-refractivity contribution in [3.8, 4) is 5.75 Å². The fourth-order valence-corrected chi connectivity index (χ4v) is 2.15. The van der Waals surface area contributed by atoms with Gasteiger partial charge in [0, 0.05) is 5.92 Å². The van der Waals surface area contributed by atoms with Crippen molar-refractivity contribution in [2.75, 3.05) is 0 Å². The zero-order chi connectivity index (χ0) is 11.5. The second-order valence-electron chi connectivity index (χ2n) is 3.87. The molecule has 0 bridgehead atoms. The predicted molar refractivity (Wildman–Crippen MR) is 54.8 cm³/mol. The quantitative estimate of drug-likeness (QED) is 0.741. The third kappa shape index (κ3) is 2.21. The fraction of sp³-hybridized carbons (Fsp3) is 0.417. The summed E-state index contributed by atoms with van der Waals surface area (Å²) in [6.45, 7) is -2.80. The van der Waals surface area contributed by atoms with Gasteiger partial charge < -0.3 is 9.53 Å². The molecule has 1 aliphatic rings. The molecule has 0 N–H and O–H groups in total. The first-order chi connectivity index (χ1) is 7.70. The van der Waals surface area contributed by atoms with E-state index in [1.165, 1.54) is 6.07 Å². The van der Waals surface area contributed by atoms with E-state index < -0.39 is 6.61 Å². The summed E-state index contributed by atoms with van der Waals surface area (Å²) >= 11 is 0. The third-order valence-electron chi connectivity index (χ3n) is 2.86. The summed E-state index contributed by atoms with van der Waals surface area (Å²) < 4.78 is 28.4. The smallest absolute Gasteiger partial charge is 0.387 e. The number of carbonyl (C=O) groups excluding carboxylic acids is 1. The van der Waals surface area contributed by atoms with Gasteiger partial charge >= 0.3 is 6.61 Å². The number of carbonyl (C=O) groups is 1. The van der Waals surface area contributed by atoms with Crippen LogP contribution in [0.5, 0.6) is 5.75 Å². The highest BCUT2D eigenvalue weighted by Crippen LogP contribution is 2.32. The van der Waals surface area contributed by atoms with Crippen LogP contribution in [0.1, 0.15) is 29.9 Å². The molecule has 0 spiro atoms. The number of aryl methyl sites for hydroxylation is 1. The van der Waals surface area contributed by atoms with Gasteiger partial charge in [-0.15, -0.1) is 0 Å². The number of benzene rings is 1. The minimum Gasteiger partial charge on any atom is -0.435 e. The minimum atomic E-state index is -2.80. The lowest BCUT2D eigenvalue weighted by atomic mass is 9.83. The van der Waals surface area contributed by atoms with Gasteiger partial charge in [0.2, 0.25) is 0 Å². The Morgan fingerprint density at radius 3 is 2.94 bits per heavy atom. The molecular weight excluding hydrogens is 214 g/mol. The molecule has 1 aliphatic carbocycles. The van der Waals surface area contributed by atoms with E-state index in [1.54, 1.807) is 12.1 Å². The molecule has 1 aromatic carbocycles. The Labute approximate surface area is 92.2 Å². The molecule has 16 heavy (non-hydrogen) atoms. The maximum absolute atomic E-state index is 12.0. The Hall–Kier alpha value is -1.45. The molecule has 0 heterocycles. The number of alkyl halides is 2. The molecule has 1 unspecified atom stereocenters. The molecule has 0 radical (unpaired) electrons. The van der Waals surface area contributed by atoms with Crippen molar-refractivity contribution >= 4 is 6.29 Å². The first-order valence-corrected chi connectivity index (χ1v) is 5.23. The zero-order valence-electron chi connectivity index (χ0n) is 8.66. The molecule has 1 aromatic rings. The van der Waals surface area contributed by atoms with Crippen LogP contribution in [0.25, 0.3) is 0 Å². The number of aldehydes is 1. The summed E-state index contributed by atoms with van der Waals surface area (Å²) in [4.78, 5) is 10.8. The molecule has 2 nitrogen and oxygen atoms in total. The van der Waals surface area contributed by atoms with E-state index in [-0.39, 0.29) is 11.7 Å². The van der Waals surface area contributed by atoms with Crippen molar-refractivity contribution in [1.29, 1.82) is 0 Å². The van der Waals surface area contributed by atoms with Crippen molar-refractivity contribution in [3.63, 3.8) is 0 Å². The van der Waals surface area contributed by atoms with Crippen LogP contribution in [0, 0.1) is 0 Å². The van der Waals surface area contributed by atoms with Gasteiger partial charge in [-0.05, 0) is 42.5 Å². The molecular formula is C12H12F2O2. The largest absolute Gasteiger partial charge is 0.435 e. The summed E-state index contributed by atoms with van der Waals surface area (Å²) in [5, 5.41) is 0. The van der Waals surface area contributed by atoms with Gasteiger partial charge in [0.15, 0.2) is 0 Å². The molecule has 0 saturated heterocycles. The summed E-state index contributed by atoms with van der Waals surface area (Å²) in [6, 6.07) is 4.81. The van der Waals surface area contributed by atoms with Crippen molar-refractivity contribution in [2.24, 2.45) is 0 Å². The Bertz CT molecular complexity index is 391. The predicted octanol–water partition coefficient (Wildman–Crippen LogP) is 2.91. The van der Waals surface area contributed by atoms with Crippen LogP contribution in [0.3, 0.4) is 0 Å². The second kappa shape index (κ2) is 4.60. The Kier molecular flexibility index (Phi) is 3.17. The topological polar surface area (TPSA) is 26.3 Å². The first kappa shape index (κ1) is 11.0. The molecule has 86 valence electrons. The minimum absolute atomic E-state index is 0.0932. The number of halogens is 2. The van der Waals surface area contributed by atoms with Gasteiger partial charge in [-0.25, -0.2) is 0 Å². The Balaban J connectivity index is 2.28. The lowest BCUT2D eigenvalue weighted by Crippen LogP contribution is -2.11. The average Bonchev–Trinajstić information content (AvgIpc) is 2.27. The first-order valence-electron chi connectivity index (χ1n) is 5.23. The molecule has 0 amide bonds. The van der Waals surface area contributed by atoms with Crippen LogP contribution in [-0.4, -0.2) is 12.9 Å². The van der Waals surface area contributed by atoms with Crippen molar-refractivity contribution in [2.45, 2.75) is 31.8 Å². The van der Waals surface area contributed by atoms with Gasteiger partial charge in [0.05, 0.1) is 0 Å². The number of fused-ring (bicyclic) bond motifs is 1. The van der Waals surface area contributed by atoms with E-state index in [0.29, 0.717) is 0 Å². The van der Waals surface area contributed by atoms with Gasteiger partial charge in [0.25, 0.3) is 0 Å².